The molecule has 3 aromatic carbocycles. The molecule has 0 aliphatic rings. The van der Waals surface area contributed by atoms with Gasteiger partial charge >= 0.3 is 0 Å². The fourth-order valence-corrected chi connectivity index (χ4v) is 4.67. The lowest BCUT2D eigenvalue weighted by atomic mass is 10.1. The number of nitrogens with zero attached hydrogens (tertiary/aromatic N) is 1. The van der Waals surface area contributed by atoms with Gasteiger partial charge in [0.1, 0.15) is 24.1 Å². The van der Waals surface area contributed by atoms with E-state index in [1.165, 1.54) is 7.11 Å². The number of nitrogens with one attached hydrogen (secondary N) is 1. The Bertz CT molecular complexity index is 1210. The van der Waals surface area contributed by atoms with Gasteiger partial charge in [0, 0.05) is 0 Å². The Morgan fingerprint density at radius 2 is 1.78 bits per heavy atom. The largest absolute Gasteiger partial charge is 0.495 e. The van der Waals surface area contributed by atoms with Crippen molar-refractivity contribution in [3.8, 4) is 11.5 Å². The third-order valence-electron chi connectivity index (χ3n) is 5.05. The molecule has 0 aromatic heterocycles. The molecule has 0 saturated heterocycles. The first-order chi connectivity index (χ1) is 15.2. The summed E-state index contributed by atoms with van der Waals surface area (Å²) in [5.41, 5.74) is 1.18. The molecule has 0 aliphatic carbocycles. The third-order valence-corrected chi connectivity index (χ3v) is 6.28. The summed E-state index contributed by atoms with van der Waals surface area (Å²) in [6.07, 6.45) is 1.07. The van der Waals surface area contributed by atoms with Crippen molar-refractivity contribution in [2.75, 3.05) is 30.8 Å². The van der Waals surface area contributed by atoms with E-state index in [1.807, 2.05) is 55.5 Å². The Kier molecular flexibility index (Phi) is 7.25. The molecule has 0 radical (unpaired) electrons. The molecule has 0 aliphatic heterocycles. The van der Waals surface area contributed by atoms with Crippen LogP contribution in [0.15, 0.2) is 60.7 Å². The lowest BCUT2D eigenvalue weighted by Crippen LogP contribution is -2.48. The first-order valence-corrected chi connectivity index (χ1v) is 12.1. The molecule has 32 heavy (non-hydrogen) atoms. The van der Waals surface area contributed by atoms with Crippen LogP contribution in [0.1, 0.15) is 12.5 Å². The Morgan fingerprint density at radius 1 is 1.06 bits per heavy atom. The molecule has 0 saturated carbocycles. The second-order valence-electron chi connectivity index (χ2n) is 7.56. The number of fused-ring (bicyclic) bond motifs is 1. The Balaban J connectivity index is 1.65. The van der Waals surface area contributed by atoms with E-state index in [0.29, 0.717) is 17.2 Å². The highest BCUT2D eigenvalue weighted by atomic mass is 32.2. The van der Waals surface area contributed by atoms with Gasteiger partial charge in [-0.05, 0) is 54.4 Å². The molecule has 3 aromatic rings. The number of aryl methyl sites for hydroxylation is 1. The molecule has 0 heterocycles. The lowest BCUT2D eigenvalue weighted by molar-refractivity contribution is -0.121. The quantitative estimate of drug-likeness (QED) is 0.498. The highest BCUT2D eigenvalue weighted by molar-refractivity contribution is 7.92. The molecule has 1 amide bonds. The van der Waals surface area contributed by atoms with Crippen molar-refractivity contribution < 1.29 is 22.7 Å². The fraction of sp³-hybridized carbons (Fsp3) is 0.292. The van der Waals surface area contributed by atoms with E-state index in [0.717, 1.165) is 26.9 Å². The topological polar surface area (TPSA) is 84.9 Å². The van der Waals surface area contributed by atoms with Gasteiger partial charge in [-0.15, -0.1) is 0 Å². The normalized spacial score (nSPS) is 12.2. The Hall–Kier alpha value is -3.26. The van der Waals surface area contributed by atoms with Crippen LogP contribution in [0.2, 0.25) is 0 Å². The van der Waals surface area contributed by atoms with Crippen LogP contribution in [0.3, 0.4) is 0 Å². The van der Waals surface area contributed by atoms with Crippen LogP contribution < -0.4 is 19.1 Å². The average Bonchev–Trinajstić information content (AvgIpc) is 2.75. The second kappa shape index (κ2) is 9.91. The zero-order valence-electron chi connectivity index (χ0n) is 18.7. The molecular weight excluding hydrogens is 428 g/mol. The molecule has 0 bridgehead atoms. The standard InChI is InChI=1S/C24H28N2O5S/c1-17-9-12-23(30-3)22(15-17)26(32(4,28)29)18(2)24(27)25-13-14-31-21-11-10-19-7-5-6-8-20(19)16-21/h5-12,15-16,18H,13-14H2,1-4H3,(H,25,27). The van der Waals surface area contributed by atoms with Crippen molar-refractivity contribution in [1.82, 2.24) is 5.32 Å². The minimum absolute atomic E-state index is 0.235. The minimum Gasteiger partial charge on any atom is -0.495 e. The van der Waals surface area contributed by atoms with Crippen LogP contribution in [0.25, 0.3) is 10.8 Å². The maximum atomic E-state index is 12.8. The number of sulfonamides is 1. The van der Waals surface area contributed by atoms with E-state index in [1.54, 1.807) is 19.1 Å². The van der Waals surface area contributed by atoms with Gasteiger partial charge in [-0.3, -0.25) is 9.10 Å². The molecule has 1 atom stereocenters. The van der Waals surface area contributed by atoms with Crippen LogP contribution in [0, 0.1) is 6.92 Å². The summed E-state index contributed by atoms with van der Waals surface area (Å²) < 4.78 is 37.2. The number of rotatable bonds is 9. The summed E-state index contributed by atoms with van der Waals surface area (Å²) in [6.45, 7) is 3.88. The molecule has 8 heteroatoms. The molecule has 170 valence electrons. The predicted octanol–water partition coefficient (Wildman–Crippen LogP) is 3.51. The van der Waals surface area contributed by atoms with E-state index in [2.05, 4.69) is 5.32 Å². The summed E-state index contributed by atoms with van der Waals surface area (Å²) in [6, 6.07) is 18.0. The first-order valence-electron chi connectivity index (χ1n) is 10.2. The van der Waals surface area contributed by atoms with Crippen molar-refractivity contribution in [2.24, 2.45) is 0 Å². The maximum absolute atomic E-state index is 12.8. The molecule has 7 nitrogen and oxygen atoms in total. The van der Waals surface area contributed by atoms with E-state index in [-0.39, 0.29) is 13.2 Å². The zero-order valence-corrected chi connectivity index (χ0v) is 19.5. The third kappa shape index (κ3) is 5.50. The molecule has 0 fully saturated rings. The number of benzene rings is 3. The highest BCUT2D eigenvalue weighted by Gasteiger charge is 2.31. The monoisotopic (exact) mass is 456 g/mol. The summed E-state index contributed by atoms with van der Waals surface area (Å²) in [4.78, 5) is 12.8. The van der Waals surface area contributed by atoms with E-state index >= 15 is 0 Å². The Morgan fingerprint density at radius 3 is 2.47 bits per heavy atom. The van der Waals surface area contributed by atoms with Crippen molar-refractivity contribution in [1.29, 1.82) is 0 Å². The number of anilines is 1. The number of methoxy groups -OCH3 is 1. The average molecular weight is 457 g/mol. The predicted molar refractivity (Wildman–Crippen MR) is 127 cm³/mol. The van der Waals surface area contributed by atoms with Crippen molar-refractivity contribution >= 4 is 32.4 Å². The molecule has 1 N–H and O–H groups in total. The Labute approximate surface area is 189 Å². The molecule has 0 spiro atoms. The lowest BCUT2D eigenvalue weighted by Gasteiger charge is -2.29. The van der Waals surface area contributed by atoms with Crippen molar-refractivity contribution in [3.05, 3.63) is 66.2 Å². The van der Waals surface area contributed by atoms with Gasteiger partial charge < -0.3 is 14.8 Å². The van der Waals surface area contributed by atoms with E-state index in [4.69, 9.17) is 9.47 Å². The van der Waals surface area contributed by atoms with Crippen LogP contribution >= 0.6 is 0 Å². The first kappa shape index (κ1) is 23.4. The van der Waals surface area contributed by atoms with Crippen molar-refractivity contribution in [3.63, 3.8) is 0 Å². The smallest absolute Gasteiger partial charge is 0.243 e. The van der Waals surface area contributed by atoms with Crippen LogP contribution in [0.5, 0.6) is 11.5 Å². The van der Waals surface area contributed by atoms with Gasteiger partial charge in [0.05, 0.1) is 25.6 Å². The van der Waals surface area contributed by atoms with Crippen molar-refractivity contribution in [2.45, 2.75) is 19.9 Å². The summed E-state index contributed by atoms with van der Waals surface area (Å²) >= 11 is 0. The zero-order chi connectivity index (χ0) is 23.3. The van der Waals surface area contributed by atoms with Crippen LogP contribution in [0.4, 0.5) is 5.69 Å². The van der Waals surface area contributed by atoms with Gasteiger partial charge in [0.15, 0.2) is 0 Å². The van der Waals surface area contributed by atoms with Gasteiger partial charge in [-0.1, -0.05) is 36.4 Å². The number of hydrogen-bond donors (Lipinski definition) is 1. The summed E-state index contributed by atoms with van der Waals surface area (Å²) in [5, 5.41) is 4.94. The number of hydrogen-bond acceptors (Lipinski definition) is 5. The fourth-order valence-electron chi connectivity index (χ4n) is 3.50. The minimum atomic E-state index is -3.74. The summed E-state index contributed by atoms with van der Waals surface area (Å²) in [7, 11) is -2.28. The SMILES string of the molecule is COc1ccc(C)cc1N(C(C)C(=O)NCCOc1ccc2ccccc2c1)S(C)(=O)=O. The molecule has 3 rings (SSSR count). The summed E-state index contributed by atoms with van der Waals surface area (Å²) in [5.74, 6) is 0.648. The number of ether oxygens (including phenoxy) is 2. The van der Waals surface area contributed by atoms with E-state index in [9.17, 15) is 13.2 Å². The van der Waals surface area contributed by atoms with Gasteiger partial charge in [-0.25, -0.2) is 8.42 Å². The highest BCUT2D eigenvalue weighted by Crippen LogP contribution is 2.32. The van der Waals surface area contributed by atoms with Gasteiger partial charge in [0.25, 0.3) is 0 Å². The second-order valence-corrected chi connectivity index (χ2v) is 9.42. The number of carbonyl (C=O) groups excluding carboxylic acids is 1. The molecule has 1 unspecified atom stereocenters. The van der Waals surface area contributed by atoms with E-state index < -0.39 is 22.0 Å². The van der Waals surface area contributed by atoms with Crippen LogP contribution in [-0.4, -0.2) is 46.9 Å². The maximum Gasteiger partial charge on any atom is 0.243 e. The van der Waals surface area contributed by atoms with Gasteiger partial charge in [-0.2, -0.15) is 0 Å². The van der Waals surface area contributed by atoms with Gasteiger partial charge in [0.2, 0.25) is 15.9 Å². The van der Waals surface area contributed by atoms with Crippen LogP contribution in [-0.2, 0) is 14.8 Å². The number of amides is 1. The molecular formula is C24H28N2O5S. The number of carbonyl (C=O) groups is 1.